The monoisotopic (exact) mass is 410 g/mol. The average Bonchev–Trinajstić information content (AvgIpc) is 2.70. The van der Waals surface area contributed by atoms with Crippen LogP contribution in [0.5, 0.6) is 0 Å². The van der Waals surface area contributed by atoms with E-state index in [1.807, 2.05) is 31.2 Å². The van der Waals surface area contributed by atoms with Crippen LogP contribution in [0.3, 0.4) is 0 Å². The molecule has 2 heterocycles. The fourth-order valence-electron chi connectivity index (χ4n) is 4.29. The molecule has 1 aromatic heterocycles. The number of nitrogens with one attached hydrogen (secondary N) is 1. The highest BCUT2D eigenvalue weighted by molar-refractivity contribution is 5.75. The van der Waals surface area contributed by atoms with Crippen LogP contribution in [0.1, 0.15) is 38.7 Å². The predicted octanol–water partition coefficient (Wildman–Crippen LogP) is 3.09. The van der Waals surface area contributed by atoms with Gasteiger partial charge in [0, 0.05) is 37.7 Å². The highest BCUT2D eigenvalue weighted by Crippen LogP contribution is 2.20. The van der Waals surface area contributed by atoms with Crippen molar-refractivity contribution in [1.29, 1.82) is 0 Å². The van der Waals surface area contributed by atoms with E-state index in [4.69, 9.17) is 0 Å². The van der Waals surface area contributed by atoms with E-state index in [0.29, 0.717) is 6.54 Å². The summed E-state index contributed by atoms with van der Waals surface area (Å²) in [6, 6.07) is 11.3. The summed E-state index contributed by atoms with van der Waals surface area (Å²) in [7, 11) is 0. The number of aromatic nitrogens is 2. The second kappa shape index (κ2) is 10.5. The van der Waals surface area contributed by atoms with Crippen molar-refractivity contribution in [3.63, 3.8) is 0 Å². The molecule has 1 amide bonds. The van der Waals surface area contributed by atoms with Crippen LogP contribution in [0, 0.1) is 18.8 Å². The minimum atomic E-state index is -0.188. The van der Waals surface area contributed by atoms with Crippen LogP contribution in [-0.4, -0.2) is 46.8 Å². The summed E-state index contributed by atoms with van der Waals surface area (Å²) in [5.74, 6) is 1.47. The van der Waals surface area contributed by atoms with E-state index in [0.717, 1.165) is 49.1 Å². The van der Waals surface area contributed by atoms with Gasteiger partial charge in [-0.1, -0.05) is 43.7 Å². The number of rotatable bonds is 8. The highest BCUT2D eigenvalue weighted by Gasteiger charge is 2.21. The summed E-state index contributed by atoms with van der Waals surface area (Å²) in [5, 5.41) is 7.41. The lowest BCUT2D eigenvalue weighted by Crippen LogP contribution is -2.40. The fraction of sp³-hybridized carbons (Fsp3) is 0.542. The molecule has 162 valence electrons. The van der Waals surface area contributed by atoms with Crippen molar-refractivity contribution in [2.24, 2.45) is 11.8 Å². The van der Waals surface area contributed by atoms with Crippen molar-refractivity contribution in [3.8, 4) is 11.3 Å². The Morgan fingerprint density at radius 1 is 1.07 bits per heavy atom. The Bertz CT molecular complexity index is 881. The molecule has 0 bridgehead atoms. The molecule has 0 saturated carbocycles. The van der Waals surface area contributed by atoms with Gasteiger partial charge in [0.15, 0.2) is 0 Å². The molecule has 2 unspecified atom stereocenters. The number of hydrogen-bond donors (Lipinski definition) is 1. The molecule has 1 saturated heterocycles. The second-order valence-corrected chi connectivity index (χ2v) is 8.81. The first kappa shape index (κ1) is 22.2. The molecular formula is C24H34N4O2. The molecule has 6 heteroatoms. The zero-order valence-corrected chi connectivity index (χ0v) is 18.4. The van der Waals surface area contributed by atoms with Gasteiger partial charge in [-0.15, -0.1) is 0 Å². The van der Waals surface area contributed by atoms with Gasteiger partial charge in [-0.05, 0) is 44.2 Å². The zero-order valence-electron chi connectivity index (χ0n) is 18.4. The van der Waals surface area contributed by atoms with Gasteiger partial charge in [0.1, 0.15) is 0 Å². The Kier molecular flexibility index (Phi) is 7.80. The van der Waals surface area contributed by atoms with Crippen LogP contribution in [-0.2, 0) is 11.3 Å². The van der Waals surface area contributed by atoms with Crippen LogP contribution in [0.25, 0.3) is 11.3 Å². The van der Waals surface area contributed by atoms with Gasteiger partial charge in [-0.3, -0.25) is 9.59 Å². The first-order valence-electron chi connectivity index (χ1n) is 11.0. The van der Waals surface area contributed by atoms with E-state index in [-0.39, 0.29) is 24.4 Å². The molecule has 1 N–H and O–H groups in total. The third-order valence-electron chi connectivity index (χ3n) is 5.68. The molecular weight excluding hydrogens is 376 g/mol. The molecule has 1 aliphatic rings. The summed E-state index contributed by atoms with van der Waals surface area (Å²) < 4.78 is 1.38. The standard InChI is InChI=1S/C24H34N4O2/c1-18-5-7-21(8-6-18)22-9-10-24(30)28(26-22)14-11-23(29)25-12-4-13-27-16-19(2)15-20(3)17-27/h5-10,19-20H,4,11-17H2,1-3H3,(H,25,29). The molecule has 2 aromatic rings. The summed E-state index contributed by atoms with van der Waals surface area (Å²) in [6.07, 6.45) is 2.51. The SMILES string of the molecule is Cc1ccc(-c2ccc(=O)n(CCC(=O)NCCCN3CC(C)CC(C)C3)n2)cc1. The third-order valence-corrected chi connectivity index (χ3v) is 5.68. The maximum Gasteiger partial charge on any atom is 0.266 e. The van der Waals surface area contributed by atoms with Crippen LogP contribution in [0.2, 0.25) is 0 Å². The van der Waals surface area contributed by atoms with Gasteiger partial charge in [-0.25, -0.2) is 4.68 Å². The predicted molar refractivity (Wildman–Crippen MR) is 120 cm³/mol. The van der Waals surface area contributed by atoms with E-state index >= 15 is 0 Å². The van der Waals surface area contributed by atoms with Gasteiger partial charge in [0.25, 0.3) is 5.56 Å². The summed E-state index contributed by atoms with van der Waals surface area (Å²) in [6.45, 7) is 10.9. The summed E-state index contributed by atoms with van der Waals surface area (Å²) in [4.78, 5) is 26.8. The van der Waals surface area contributed by atoms with Gasteiger partial charge in [-0.2, -0.15) is 5.10 Å². The minimum Gasteiger partial charge on any atom is -0.356 e. The number of piperidine rings is 1. The van der Waals surface area contributed by atoms with Crippen molar-refractivity contribution < 1.29 is 4.79 Å². The summed E-state index contributed by atoms with van der Waals surface area (Å²) in [5.41, 5.74) is 2.68. The highest BCUT2D eigenvalue weighted by atomic mass is 16.2. The van der Waals surface area contributed by atoms with Gasteiger partial charge in [0.05, 0.1) is 12.2 Å². The topological polar surface area (TPSA) is 67.2 Å². The average molecular weight is 411 g/mol. The lowest BCUT2D eigenvalue weighted by Gasteiger charge is -2.34. The Balaban J connectivity index is 1.43. The molecule has 1 aromatic carbocycles. The number of nitrogens with zero attached hydrogens (tertiary/aromatic N) is 3. The number of carbonyl (C=O) groups excluding carboxylic acids is 1. The quantitative estimate of drug-likeness (QED) is 0.679. The van der Waals surface area contributed by atoms with Crippen molar-refractivity contribution >= 4 is 5.91 Å². The van der Waals surface area contributed by atoms with Crippen molar-refractivity contribution in [1.82, 2.24) is 20.0 Å². The fourth-order valence-corrected chi connectivity index (χ4v) is 4.29. The number of benzene rings is 1. The number of amides is 1. The molecule has 1 aliphatic heterocycles. The van der Waals surface area contributed by atoms with Crippen molar-refractivity contribution in [2.75, 3.05) is 26.2 Å². The molecule has 0 aliphatic carbocycles. The van der Waals surface area contributed by atoms with Crippen LogP contribution in [0.4, 0.5) is 0 Å². The molecule has 6 nitrogen and oxygen atoms in total. The van der Waals surface area contributed by atoms with Gasteiger partial charge >= 0.3 is 0 Å². The Labute approximate surface area is 179 Å². The van der Waals surface area contributed by atoms with E-state index in [9.17, 15) is 9.59 Å². The van der Waals surface area contributed by atoms with Crippen molar-refractivity contribution in [2.45, 2.75) is 46.6 Å². The van der Waals surface area contributed by atoms with E-state index in [1.165, 1.54) is 22.7 Å². The summed E-state index contributed by atoms with van der Waals surface area (Å²) >= 11 is 0. The van der Waals surface area contributed by atoms with E-state index in [1.54, 1.807) is 6.07 Å². The van der Waals surface area contributed by atoms with Gasteiger partial charge in [0.2, 0.25) is 5.91 Å². The number of hydrogen-bond acceptors (Lipinski definition) is 4. The second-order valence-electron chi connectivity index (χ2n) is 8.81. The largest absolute Gasteiger partial charge is 0.356 e. The molecule has 0 radical (unpaired) electrons. The van der Waals surface area contributed by atoms with Crippen LogP contribution in [0.15, 0.2) is 41.2 Å². The van der Waals surface area contributed by atoms with E-state index in [2.05, 4.69) is 29.2 Å². The molecule has 3 rings (SSSR count). The number of aryl methyl sites for hydroxylation is 2. The first-order chi connectivity index (χ1) is 14.4. The lowest BCUT2D eigenvalue weighted by atomic mass is 9.92. The van der Waals surface area contributed by atoms with Crippen LogP contribution < -0.4 is 10.9 Å². The Morgan fingerprint density at radius 3 is 2.47 bits per heavy atom. The molecule has 0 spiro atoms. The first-order valence-corrected chi connectivity index (χ1v) is 11.0. The molecule has 1 fully saturated rings. The van der Waals surface area contributed by atoms with E-state index < -0.39 is 0 Å². The van der Waals surface area contributed by atoms with Crippen LogP contribution >= 0.6 is 0 Å². The Morgan fingerprint density at radius 2 is 1.77 bits per heavy atom. The molecule has 2 atom stereocenters. The lowest BCUT2D eigenvalue weighted by molar-refractivity contribution is -0.121. The maximum absolute atomic E-state index is 12.2. The van der Waals surface area contributed by atoms with Gasteiger partial charge < -0.3 is 10.2 Å². The molecule has 30 heavy (non-hydrogen) atoms. The maximum atomic E-state index is 12.2. The minimum absolute atomic E-state index is 0.0372. The number of carbonyl (C=O) groups is 1. The van der Waals surface area contributed by atoms with Crippen molar-refractivity contribution in [3.05, 3.63) is 52.3 Å². The zero-order chi connectivity index (χ0) is 21.5. The normalized spacial score (nSPS) is 19.6. The Hall–Kier alpha value is -2.47. The number of likely N-dealkylation sites (tertiary alicyclic amines) is 1. The third kappa shape index (κ3) is 6.52. The smallest absolute Gasteiger partial charge is 0.266 e.